The molecule has 22 heavy (non-hydrogen) atoms. The summed E-state index contributed by atoms with van der Waals surface area (Å²) in [6, 6.07) is 5.41. The maximum Gasteiger partial charge on any atom is 0.251 e. The normalized spacial score (nSPS) is 11.0. The molecule has 0 bridgehead atoms. The minimum atomic E-state index is -0.209. The van der Waals surface area contributed by atoms with Gasteiger partial charge in [0.15, 0.2) is 5.82 Å². The lowest BCUT2D eigenvalue weighted by Crippen LogP contribution is -2.22. The molecule has 3 aromatic rings. The number of amides is 1. The van der Waals surface area contributed by atoms with Crippen LogP contribution < -0.4 is 5.32 Å². The van der Waals surface area contributed by atoms with E-state index in [4.69, 9.17) is 9.26 Å². The Morgan fingerprint density at radius 2 is 2.36 bits per heavy atom. The largest absolute Gasteiger partial charge is 0.374 e. The number of aromatic nitrogens is 3. The van der Waals surface area contributed by atoms with Crippen LogP contribution in [-0.2, 0) is 17.9 Å². The van der Waals surface area contributed by atoms with Gasteiger partial charge in [0.05, 0.1) is 22.3 Å². The zero-order chi connectivity index (χ0) is 15.4. The van der Waals surface area contributed by atoms with Gasteiger partial charge < -0.3 is 14.6 Å². The minimum Gasteiger partial charge on any atom is -0.374 e. The van der Waals surface area contributed by atoms with Gasteiger partial charge in [-0.2, -0.15) is 4.98 Å². The molecule has 7 nitrogen and oxygen atoms in total. The highest BCUT2D eigenvalue weighted by Gasteiger charge is 2.10. The number of benzene rings is 1. The van der Waals surface area contributed by atoms with E-state index < -0.39 is 0 Å². The van der Waals surface area contributed by atoms with E-state index in [0.717, 1.165) is 10.2 Å². The summed E-state index contributed by atoms with van der Waals surface area (Å²) >= 11 is 1.54. The number of ether oxygens (including phenoxy) is 1. The van der Waals surface area contributed by atoms with E-state index in [9.17, 15) is 4.79 Å². The van der Waals surface area contributed by atoms with Gasteiger partial charge in [-0.05, 0) is 25.1 Å². The van der Waals surface area contributed by atoms with Crippen LogP contribution in [0.2, 0.25) is 0 Å². The van der Waals surface area contributed by atoms with E-state index in [-0.39, 0.29) is 12.5 Å². The number of nitrogens with zero attached hydrogens (tertiary/aromatic N) is 3. The molecule has 2 heterocycles. The first-order valence-electron chi connectivity index (χ1n) is 6.77. The summed E-state index contributed by atoms with van der Waals surface area (Å²) in [6.07, 6.45) is 0. The molecule has 0 saturated carbocycles. The molecule has 1 aromatic carbocycles. The lowest BCUT2D eigenvalue weighted by Gasteiger charge is -2.02. The van der Waals surface area contributed by atoms with Crippen LogP contribution in [-0.4, -0.2) is 27.6 Å². The first-order chi connectivity index (χ1) is 10.8. The number of fused-ring (bicyclic) bond motifs is 1. The van der Waals surface area contributed by atoms with Crippen LogP contribution in [0.15, 0.2) is 28.2 Å². The summed E-state index contributed by atoms with van der Waals surface area (Å²) in [5, 5.41) is 6.51. The fraction of sp³-hybridized carbons (Fsp3) is 0.286. The van der Waals surface area contributed by atoms with Crippen LogP contribution in [0.5, 0.6) is 0 Å². The highest BCUT2D eigenvalue weighted by molar-refractivity contribution is 7.16. The van der Waals surface area contributed by atoms with E-state index in [2.05, 4.69) is 20.4 Å². The Balaban J connectivity index is 1.60. The highest BCUT2D eigenvalue weighted by atomic mass is 32.1. The molecule has 0 atom stereocenters. The van der Waals surface area contributed by atoms with Gasteiger partial charge in [-0.3, -0.25) is 4.79 Å². The van der Waals surface area contributed by atoms with Crippen LogP contribution in [0.25, 0.3) is 10.2 Å². The Morgan fingerprint density at radius 3 is 3.23 bits per heavy atom. The van der Waals surface area contributed by atoms with Gasteiger partial charge in [0.25, 0.3) is 5.91 Å². The van der Waals surface area contributed by atoms with Crippen molar-refractivity contribution in [3.8, 4) is 0 Å². The standard InChI is InChI=1S/C14H14N4O3S/c1-2-20-7-12-17-13(21-18-12)6-15-14(19)9-3-4-11-10(5-9)16-8-22-11/h3-5,8H,2,6-7H2,1H3,(H,15,19). The molecule has 0 radical (unpaired) electrons. The number of nitrogens with one attached hydrogen (secondary N) is 1. The number of thiazole rings is 1. The predicted molar refractivity (Wildman–Crippen MR) is 80.4 cm³/mol. The van der Waals surface area contributed by atoms with Crippen LogP contribution in [0.4, 0.5) is 0 Å². The lowest BCUT2D eigenvalue weighted by atomic mass is 10.2. The number of carbonyl (C=O) groups excluding carboxylic acids is 1. The van der Waals surface area contributed by atoms with Gasteiger partial charge in [-0.1, -0.05) is 5.16 Å². The predicted octanol–water partition coefficient (Wildman–Crippen LogP) is 2.15. The molecule has 0 spiro atoms. The van der Waals surface area contributed by atoms with Crippen molar-refractivity contribution in [1.82, 2.24) is 20.4 Å². The summed E-state index contributed by atoms with van der Waals surface area (Å²) in [4.78, 5) is 20.4. The van der Waals surface area contributed by atoms with E-state index in [1.807, 2.05) is 13.0 Å². The van der Waals surface area contributed by atoms with Crippen LogP contribution in [0.1, 0.15) is 29.0 Å². The molecule has 1 N–H and O–H groups in total. The molecule has 0 aliphatic rings. The first-order valence-corrected chi connectivity index (χ1v) is 7.65. The van der Waals surface area contributed by atoms with E-state index in [1.165, 1.54) is 11.3 Å². The zero-order valence-corrected chi connectivity index (χ0v) is 12.7. The van der Waals surface area contributed by atoms with Gasteiger partial charge >= 0.3 is 0 Å². The molecule has 2 aromatic heterocycles. The van der Waals surface area contributed by atoms with Gasteiger partial charge in [-0.25, -0.2) is 4.98 Å². The Kier molecular flexibility index (Phi) is 4.40. The highest BCUT2D eigenvalue weighted by Crippen LogP contribution is 2.18. The fourth-order valence-electron chi connectivity index (χ4n) is 1.87. The second-order valence-corrected chi connectivity index (χ2v) is 5.35. The molecule has 0 aliphatic carbocycles. The summed E-state index contributed by atoms with van der Waals surface area (Å²) < 4.78 is 11.3. The maximum atomic E-state index is 12.1. The van der Waals surface area contributed by atoms with Crippen molar-refractivity contribution in [2.75, 3.05) is 6.61 Å². The van der Waals surface area contributed by atoms with E-state index >= 15 is 0 Å². The number of hydrogen-bond acceptors (Lipinski definition) is 7. The van der Waals surface area contributed by atoms with Gasteiger partial charge in [0.2, 0.25) is 5.89 Å². The topological polar surface area (TPSA) is 90.1 Å². The van der Waals surface area contributed by atoms with Crippen molar-refractivity contribution in [3.63, 3.8) is 0 Å². The van der Waals surface area contributed by atoms with Gasteiger partial charge in [-0.15, -0.1) is 11.3 Å². The SMILES string of the molecule is CCOCc1noc(CNC(=O)c2ccc3scnc3c2)n1. The van der Waals surface area contributed by atoms with Gasteiger partial charge in [0.1, 0.15) is 6.61 Å². The van der Waals surface area contributed by atoms with Crippen molar-refractivity contribution in [2.45, 2.75) is 20.1 Å². The van der Waals surface area contributed by atoms with Gasteiger partial charge in [0, 0.05) is 12.2 Å². The summed E-state index contributed by atoms with van der Waals surface area (Å²) in [5.41, 5.74) is 3.12. The Morgan fingerprint density at radius 1 is 1.45 bits per heavy atom. The minimum absolute atomic E-state index is 0.174. The Hall–Kier alpha value is -2.32. The third-order valence-corrected chi connectivity index (χ3v) is 3.75. The van der Waals surface area contributed by atoms with Crippen molar-refractivity contribution >= 4 is 27.5 Å². The molecule has 8 heteroatoms. The number of rotatable bonds is 6. The van der Waals surface area contributed by atoms with Crippen molar-refractivity contribution in [3.05, 3.63) is 41.0 Å². The second-order valence-electron chi connectivity index (χ2n) is 4.46. The Bertz CT molecular complexity index is 783. The second kappa shape index (κ2) is 6.63. The maximum absolute atomic E-state index is 12.1. The Labute approximate surface area is 130 Å². The summed E-state index contributed by atoms with van der Waals surface area (Å²) in [6.45, 7) is 2.95. The number of hydrogen-bond donors (Lipinski definition) is 1. The molecule has 3 rings (SSSR count). The lowest BCUT2D eigenvalue weighted by molar-refractivity contribution is 0.0946. The van der Waals surface area contributed by atoms with Crippen molar-refractivity contribution in [1.29, 1.82) is 0 Å². The smallest absolute Gasteiger partial charge is 0.251 e. The van der Waals surface area contributed by atoms with Crippen molar-refractivity contribution in [2.24, 2.45) is 0 Å². The van der Waals surface area contributed by atoms with Crippen LogP contribution >= 0.6 is 11.3 Å². The average Bonchev–Trinajstić information content (AvgIpc) is 3.18. The molecule has 1 amide bonds. The molecule has 0 aliphatic heterocycles. The van der Waals surface area contributed by atoms with Crippen LogP contribution in [0.3, 0.4) is 0 Å². The average molecular weight is 318 g/mol. The quantitative estimate of drug-likeness (QED) is 0.749. The van der Waals surface area contributed by atoms with E-state index in [0.29, 0.717) is 30.5 Å². The number of carbonyl (C=O) groups is 1. The van der Waals surface area contributed by atoms with Crippen LogP contribution in [0, 0.1) is 0 Å². The third kappa shape index (κ3) is 3.29. The molecule has 114 valence electrons. The van der Waals surface area contributed by atoms with E-state index in [1.54, 1.807) is 17.6 Å². The molecule has 0 unspecified atom stereocenters. The molecular formula is C14H14N4O3S. The van der Waals surface area contributed by atoms with Crippen molar-refractivity contribution < 1.29 is 14.1 Å². The zero-order valence-electron chi connectivity index (χ0n) is 11.9. The molecule has 0 saturated heterocycles. The molecule has 0 fully saturated rings. The first kappa shape index (κ1) is 14.6. The summed E-state index contributed by atoms with van der Waals surface area (Å²) in [7, 11) is 0. The summed E-state index contributed by atoms with van der Waals surface area (Å²) in [5.74, 6) is 0.604. The molecular weight excluding hydrogens is 304 g/mol. The third-order valence-electron chi connectivity index (χ3n) is 2.94. The monoisotopic (exact) mass is 318 g/mol. The fourth-order valence-corrected chi connectivity index (χ4v) is 2.53.